The van der Waals surface area contributed by atoms with Crippen LogP contribution >= 0.6 is 0 Å². The average Bonchev–Trinajstić information content (AvgIpc) is 2.14. The van der Waals surface area contributed by atoms with Crippen LogP contribution in [-0.4, -0.2) is 10.3 Å². The van der Waals surface area contributed by atoms with Crippen LogP contribution in [0.25, 0.3) is 0 Å². The van der Waals surface area contributed by atoms with Gasteiger partial charge < -0.3 is 4.55 Å². The Hall–Kier alpha value is -0.680. The van der Waals surface area contributed by atoms with Gasteiger partial charge in [0.25, 0.3) is 0 Å². The van der Waals surface area contributed by atoms with Gasteiger partial charge in [0.05, 0.1) is 0 Å². The molecule has 0 heterocycles. The zero-order valence-corrected chi connectivity index (χ0v) is 8.26. The first-order valence-electron chi connectivity index (χ1n) is 3.95. The van der Waals surface area contributed by atoms with Gasteiger partial charge in [-0.2, -0.15) is 0 Å². The lowest BCUT2D eigenvalue weighted by Gasteiger charge is -2.08. The summed E-state index contributed by atoms with van der Waals surface area (Å²) in [5, 5.41) is 0. The van der Waals surface area contributed by atoms with Crippen molar-refractivity contribution in [2.45, 2.75) is 12.7 Å². The second-order valence-corrected chi connectivity index (χ2v) is 4.39. The Balaban J connectivity index is 2.89. The maximum Gasteiger partial charge on any atom is 0.195 e. The topological polar surface area (TPSA) is 23.1 Å². The highest BCUT2D eigenvalue weighted by atomic mass is 32.2. The van der Waals surface area contributed by atoms with Crippen molar-refractivity contribution in [3.8, 4) is 0 Å². The van der Waals surface area contributed by atoms with Crippen molar-refractivity contribution in [3.05, 3.63) is 35.1 Å². The molecule has 1 rings (SSSR count). The van der Waals surface area contributed by atoms with E-state index in [9.17, 15) is 17.7 Å². The first-order valence-corrected chi connectivity index (χ1v) is 5.44. The smallest absolute Gasteiger partial charge is 0.195 e. The zero-order valence-electron chi connectivity index (χ0n) is 7.44. The van der Waals surface area contributed by atoms with E-state index in [1.165, 1.54) is 0 Å². The lowest BCUT2D eigenvalue weighted by Crippen LogP contribution is -2.08. The molecule has 0 saturated carbocycles. The highest BCUT2D eigenvalue weighted by molar-refractivity contribution is 7.90. The molecule has 14 heavy (non-hydrogen) atoms. The van der Waals surface area contributed by atoms with E-state index in [0.29, 0.717) is 5.75 Å². The summed E-state index contributed by atoms with van der Waals surface area (Å²) in [6.07, 6.45) is 0. The van der Waals surface area contributed by atoms with Crippen molar-refractivity contribution in [1.82, 2.24) is 0 Å². The van der Waals surface area contributed by atoms with E-state index in [4.69, 9.17) is 0 Å². The second-order valence-electron chi connectivity index (χ2n) is 2.64. The van der Waals surface area contributed by atoms with Crippen LogP contribution in [0.15, 0.2) is 6.07 Å². The Kier molecular flexibility index (Phi) is 3.83. The van der Waals surface area contributed by atoms with Crippen molar-refractivity contribution in [3.63, 3.8) is 0 Å². The Labute approximate surface area is 83.1 Å². The molecule has 1 radical (unpaired) electrons. The van der Waals surface area contributed by atoms with Gasteiger partial charge in [-0.25, -0.2) is 13.2 Å². The third-order valence-corrected chi connectivity index (χ3v) is 2.89. The van der Waals surface area contributed by atoms with Gasteiger partial charge in [0.15, 0.2) is 17.5 Å². The number of rotatable bonds is 3. The molecule has 77 valence electrons. The molecule has 5 heteroatoms. The van der Waals surface area contributed by atoms with Crippen LogP contribution in [0, 0.1) is 23.5 Å². The average molecular weight is 221 g/mol. The Bertz CT molecular complexity index is 307. The molecule has 0 bridgehead atoms. The lowest BCUT2D eigenvalue weighted by molar-refractivity contribution is 0.444. The summed E-state index contributed by atoms with van der Waals surface area (Å²) in [7, 11) is 0. The third-order valence-electron chi connectivity index (χ3n) is 1.61. The molecule has 1 atom stereocenters. The molecule has 0 saturated heterocycles. The number of hydrogen-bond acceptors (Lipinski definition) is 1. The molecule has 1 unspecified atom stereocenters. The Morgan fingerprint density at radius 2 is 2.07 bits per heavy atom. The fourth-order valence-electron chi connectivity index (χ4n) is 0.906. The summed E-state index contributed by atoms with van der Waals surface area (Å²) in [5.74, 6) is -3.81. The molecule has 1 aromatic rings. The number of halogens is 3. The van der Waals surface area contributed by atoms with E-state index in [-0.39, 0.29) is 11.3 Å². The molecule has 0 aliphatic heterocycles. The minimum Gasteiger partial charge on any atom is -0.616 e. The van der Waals surface area contributed by atoms with Crippen LogP contribution < -0.4 is 0 Å². The zero-order chi connectivity index (χ0) is 10.7. The highest BCUT2D eigenvalue weighted by Gasteiger charge is 2.13. The van der Waals surface area contributed by atoms with Crippen LogP contribution in [0.2, 0.25) is 0 Å². The first kappa shape index (κ1) is 11.4. The fourth-order valence-corrected chi connectivity index (χ4v) is 1.61. The maximum absolute atomic E-state index is 12.7. The second kappa shape index (κ2) is 4.70. The fraction of sp³-hybridized carbons (Fsp3) is 0.333. The largest absolute Gasteiger partial charge is 0.616 e. The predicted molar refractivity (Wildman–Crippen MR) is 47.5 cm³/mol. The van der Waals surface area contributed by atoms with Crippen molar-refractivity contribution in [1.29, 1.82) is 0 Å². The standard InChI is InChI=1S/C9H8F3OS/c1-2-14(13)5-6-3-7(10)9(12)8(11)4-6/h3H,2,5H2,1H3. The van der Waals surface area contributed by atoms with E-state index in [1.54, 1.807) is 6.92 Å². The van der Waals surface area contributed by atoms with E-state index < -0.39 is 28.6 Å². The molecule has 0 aliphatic rings. The monoisotopic (exact) mass is 221 g/mol. The van der Waals surface area contributed by atoms with Gasteiger partial charge >= 0.3 is 0 Å². The van der Waals surface area contributed by atoms with Crippen LogP contribution in [-0.2, 0) is 16.9 Å². The van der Waals surface area contributed by atoms with E-state index in [2.05, 4.69) is 0 Å². The van der Waals surface area contributed by atoms with Crippen LogP contribution in [0.4, 0.5) is 13.2 Å². The van der Waals surface area contributed by atoms with Gasteiger partial charge in [-0.1, -0.05) is 0 Å². The van der Waals surface area contributed by atoms with E-state index in [0.717, 1.165) is 6.07 Å². The molecule has 0 spiro atoms. The van der Waals surface area contributed by atoms with E-state index >= 15 is 0 Å². The van der Waals surface area contributed by atoms with Crippen LogP contribution in [0.5, 0.6) is 0 Å². The molecule has 0 N–H and O–H groups in total. The van der Waals surface area contributed by atoms with Gasteiger partial charge in [-0.05, 0) is 24.2 Å². The number of hydrogen-bond donors (Lipinski definition) is 0. The SMILES string of the molecule is CC[S+]([O-])Cc1[c]c(F)c(F)c(F)c1. The molecular weight excluding hydrogens is 213 g/mol. The summed E-state index contributed by atoms with van der Waals surface area (Å²) >= 11 is -1.19. The highest BCUT2D eigenvalue weighted by Crippen LogP contribution is 2.15. The third kappa shape index (κ3) is 2.65. The Morgan fingerprint density at radius 3 is 2.57 bits per heavy atom. The normalized spacial score (nSPS) is 12.9. The van der Waals surface area contributed by atoms with Gasteiger partial charge in [-0.15, -0.1) is 0 Å². The summed E-state index contributed by atoms with van der Waals surface area (Å²) in [6, 6.07) is 2.82. The van der Waals surface area contributed by atoms with Crippen molar-refractivity contribution >= 4 is 11.2 Å². The molecule has 0 amide bonds. The van der Waals surface area contributed by atoms with Gasteiger partial charge in [0.1, 0.15) is 11.5 Å². The Morgan fingerprint density at radius 1 is 1.43 bits per heavy atom. The molecule has 0 aliphatic carbocycles. The molecule has 1 aromatic carbocycles. The van der Waals surface area contributed by atoms with Gasteiger partial charge in [0.2, 0.25) is 0 Å². The molecule has 0 aromatic heterocycles. The van der Waals surface area contributed by atoms with E-state index in [1.807, 2.05) is 6.07 Å². The minimum atomic E-state index is -1.55. The lowest BCUT2D eigenvalue weighted by atomic mass is 10.2. The predicted octanol–water partition coefficient (Wildman–Crippen LogP) is 2.17. The van der Waals surface area contributed by atoms with Gasteiger partial charge in [0, 0.05) is 11.6 Å². The maximum atomic E-state index is 12.7. The van der Waals surface area contributed by atoms with Crippen LogP contribution in [0.3, 0.4) is 0 Å². The molecule has 1 nitrogen and oxygen atoms in total. The molecule has 0 fully saturated rings. The molecular formula is C9H8F3OS. The minimum absolute atomic E-state index is 0.00931. The van der Waals surface area contributed by atoms with Crippen molar-refractivity contribution in [2.24, 2.45) is 0 Å². The van der Waals surface area contributed by atoms with Gasteiger partial charge in [-0.3, -0.25) is 0 Å². The van der Waals surface area contributed by atoms with Crippen molar-refractivity contribution < 1.29 is 17.7 Å². The van der Waals surface area contributed by atoms with Crippen LogP contribution in [0.1, 0.15) is 12.5 Å². The first-order chi connectivity index (χ1) is 6.54. The summed E-state index contributed by atoms with van der Waals surface area (Å²) in [6.45, 7) is 1.69. The van der Waals surface area contributed by atoms with Crippen molar-refractivity contribution in [2.75, 3.05) is 5.75 Å². The number of benzene rings is 1. The summed E-state index contributed by atoms with van der Waals surface area (Å²) in [4.78, 5) is 0. The summed E-state index contributed by atoms with van der Waals surface area (Å²) < 4.78 is 48.8. The summed E-state index contributed by atoms with van der Waals surface area (Å²) in [5.41, 5.74) is 0.0848. The quantitative estimate of drug-likeness (QED) is 0.566.